The summed E-state index contributed by atoms with van der Waals surface area (Å²) in [7, 11) is 0. The third kappa shape index (κ3) is 7.74. The predicted octanol–water partition coefficient (Wildman–Crippen LogP) is 5.04. The molecule has 0 saturated carbocycles. The van der Waals surface area contributed by atoms with Gasteiger partial charge in [-0.1, -0.05) is 62.2 Å². The Morgan fingerprint density at radius 2 is 1.63 bits per heavy atom. The van der Waals surface area contributed by atoms with E-state index in [0.717, 1.165) is 22.9 Å². The summed E-state index contributed by atoms with van der Waals surface area (Å²) in [4.78, 5) is 0. The van der Waals surface area contributed by atoms with Gasteiger partial charge in [0.2, 0.25) is 0 Å². The molecule has 0 amide bonds. The molecule has 108 valence electrons. The molecule has 2 heteroatoms. The first-order valence-electron chi connectivity index (χ1n) is 7.45. The van der Waals surface area contributed by atoms with Crippen LogP contribution in [0.2, 0.25) is 0 Å². The van der Waals surface area contributed by atoms with E-state index in [1.54, 1.807) is 0 Å². The highest BCUT2D eigenvalue weighted by Crippen LogP contribution is 2.19. The molecule has 0 heterocycles. The lowest BCUT2D eigenvalue weighted by Crippen LogP contribution is -2.30. The molecule has 0 spiro atoms. The fraction of sp³-hybridized carbons (Fsp3) is 0.647. The van der Waals surface area contributed by atoms with Gasteiger partial charge in [-0.05, 0) is 48.9 Å². The van der Waals surface area contributed by atoms with Crippen LogP contribution in [0, 0.1) is 11.8 Å². The third-order valence-electron chi connectivity index (χ3n) is 3.40. The van der Waals surface area contributed by atoms with Gasteiger partial charge in [0.05, 0.1) is 0 Å². The van der Waals surface area contributed by atoms with E-state index in [9.17, 15) is 0 Å². The summed E-state index contributed by atoms with van der Waals surface area (Å²) < 4.78 is 1.16. The molecular formula is C17H28BrN. The molecule has 0 radical (unpaired) electrons. The lowest BCUT2D eigenvalue weighted by molar-refractivity contribution is 0.386. The Kier molecular flexibility index (Phi) is 7.70. The average molecular weight is 326 g/mol. The van der Waals surface area contributed by atoms with Crippen molar-refractivity contribution < 1.29 is 0 Å². The quantitative estimate of drug-likeness (QED) is 0.705. The normalized spacial score (nSPS) is 13.2. The van der Waals surface area contributed by atoms with Crippen LogP contribution < -0.4 is 5.32 Å². The zero-order valence-corrected chi connectivity index (χ0v) is 14.3. The Morgan fingerprint density at radius 1 is 1.00 bits per heavy atom. The van der Waals surface area contributed by atoms with Crippen molar-refractivity contribution in [3.8, 4) is 0 Å². The molecule has 0 aliphatic heterocycles. The molecule has 1 rings (SSSR count). The summed E-state index contributed by atoms with van der Waals surface area (Å²) in [5.74, 6) is 1.54. The summed E-state index contributed by atoms with van der Waals surface area (Å²) in [6.07, 6.45) is 3.81. The van der Waals surface area contributed by atoms with E-state index in [1.165, 1.54) is 24.8 Å². The Morgan fingerprint density at radius 3 is 2.16 bits per heavy atom. The molecule has 1 N–H and O–H groups in total. The SMILES string of the molecule is CC(C)CCC(CNC(C)C)Cc1ccc(Br)cc1. The molecule has 0 saturated heterocycles. The molecule has 0 aromatic heterocycles. The van der Waals surface area contributed by atoms with Crippen molar-refractivity contribution in [3.63, 3.8) is 0 Å². The van der Waals surface area contributed by atoms with Gasteiger partial charge in [0.1, 0.15) is 0 Å². The molecule has 1 nitrogen and oxygen atoms in total. The maximum atomic E-state index is 3.59. The first-order chi connectivity index (χ1) is 8.97. The van der Waals surface area contributed by atoms with Crippen LogP contribution in [0.4, 0.5) is 0 Å². The molecule has 0 fully saturated rings. The average Bonchev–Trinajstić information content (AvgIpc) is 2.35. The minimum Gasteiger partial charge on any atom is -0.314 e. The first kappa shape index (κ1) is 16.7. The minimum atomic E-state index is 0.575. The van der Waals surface area contributed by atoms with Crippen molar-refractivity contribution in [2.75, 3.05) is 6.54 Å². The third-order valence-corrected chi connectivity index (χ3v) is 3.93. The van der Waals surface area contributed by atoms with E-state index in [-0.39, 0.29) is 0 Å². The Bertz CT molecular complexity index is 331. The minimum absolute atomic E-state index is 0.575. The number of rotatable bonds is 8. The maximum absolute atomic E-state index is 3.59. The molecular weight excluding hydrogens is 298 g/mol. The predicted molar refractivity (Wildman–Crippen MR) is 88.5 cm³/mol. The summed E-state index contributed by atoms with van der Waals surface area (Å²) in [6, 6.07) is 9.34. The zero-order chi connectivity index (χ0) is 14.3. The van der Waals surface area contributed by atoms with Crippen LogP contribution in [0.15, 0.2) is 28.7 Å². The van der Waals surface area contributed by atoms with Crippen molar-refractivity contribution in [1.82, 2.24) is 5.32 Å². The number of hydrogen-bond donors (Lipinski definition) is 1. The van der Waals surface area contributed by atoms with Gasteiger partial charge >= 0.3 is 0 Å². The van der Waals surface area contributed by atoms with Gasteiger partial charge in [0.15, 0.2) is 0 Å². The molecule has 1 aromatic rings. The van der Waals surface area contributed by atoms with Gasteiger partial charge in [-0.3, -0.25) is 0 Å². The second-order valence-corrected chi connectivity index (χ2v) is 7.15. The summed E-state index contributed by atoms with van der Waals surface area (Å²) in [5, 5.41) is 3.59. The van der Waals surface area contributed by atoms with Crippen LogP contribution in [0.25, 0.3) is 0 Å². The summed E-state index contributed by atoms with van der Waals surface area (Å²) in [5.41, 5.74) is 1.45. The lowest BCUT2D eigenvalue weighted by Gasteiger charge is -2.20. The molecule has 19 heavy (non-hydrogen) atoms. The number of benzene rings is 1. The largest absolute Gasteiger partial charge is 0.314 e. The first-order valence-corrected chi connectivity index (χ1v) is 8.24. The van der Waals surface area contributed by atoms with Crippen molar-refractivity contribution in [2.24, 2.45) is 11.8 Å². The molecule has 1 atom stereocenters. The Labute approximate surface area is 127 Å². The second kappa shape index (κ2) is 8.76. The van der Waals surface area contributed by atoms with Crippen molar-refractivity contribution >= 4 is 15.9 Å². The Hall–Kier alpha value is -0.340. The van der Waals surface area contributed by atoms with Gasteiger partial charge < -0.3 is 5.32 Å². The van der Waals surface area contributed by atoms with Crippen LogP contribution >= 0.6 is 15.9 Å². The van der Waals surface area contributed by atoms with Gasteiger partial charge in [0.25, 0.3) is 0 Å². The molecule has 1 aromatic carbocycles. The molecule has 0 bridgehead atoms. The highest BCUT2D eigenvalue weighted by molar-refractivity contribution is 9.10. The molecule has 0 aliphatic rings. The monoisotopic (exact) mass is 325 g/mol. The highest BCUT2D eigenvalue weighted by atomic mass is 79.9. The smallest absolute Gasteiger partial charge is 0.0175 e. The fourth-order valence-corrected chi connectivity index (χ4v) is 2.47. The van der Waals surface area contributed by atoms with E-state index in [4.69, 9.17) is 0 Å². The van der Waals surface area contributed by atoms with Gasteiger partial charge in [-0.2, -0.15) is 0 Å². The highest BCUT2D eigenvalue weighted by Gasteiger charge is 2.11. The Balaban J connectivity index is 2.53. The summed E-state index contributed by atoms with van der Waals surface area (Å²) in [6.45, 7) is 10.2. The van der Waals surface area contributed by atoms with Crippen molar-refractivity contribution in [3.05, 3.63) is 34.3 Å². The number of hydrogen-bond acceptors (Lipinski definition) is 1. The molecule has 0 aliphatic carbocycles. The summed E-state index contributed by atoms with van der Waals surface area (Å²) >= 11 is 3.50. The number of nitrogens with one attached hydrogen (secondary N) is 1. The van der Waals surface area contributed by atoms with Crippen LogP contribution in [-0.2, 0) is 6.42 Å². The zero-order valence-electron chi connectivity index (χ0n) is 12.7. The fourth-order valence-electron chi connectivity index (χ4n) is 2.20. The lowest BCUT2D eigenvalue weighted by atomic mass is 9.91. The van der Waals surface area contributed by atoms with E-state index in [2.05, 4.69) is 73.2 Å². The van der Waals surface area contributed by atoms with E-state index in [0.29, 0.717) is 6.04 Å². The van der Waals surface area contributed by atoms with Crippen molar-refractivity contribution in [2.45, 2.75) is 53.0 Å². The van der Waals surface area contributed by atoms with Gasteiger partial charge in [0, 0.05) is 10.5 Å². The van der Waals surface area contributed by atoms with E-state index < -0.39 is 0 Å². The van der Waals surface area contributed by atoms with Crippen LogP contribution in [-0.4, -0.2) is 12.6 Å². The van der Waals surface area contributed by atoms with Crippen LogP contribution in [0.3, 0.4) is 0 Å². The van der Waals surface area contributed by atoms with Gasteiger partial charge in [-0.15, -0.1) is 0 Å². The molecule has 1 unspecified atom stereocenters. The van der Waals surface area contributed by atoms with Gasteiger partial charge in [-0.25, -0.2) is 0 Å². The maximum Gasteiger partial charge on any atom is 0.0175 e. The topological polar surface area (TPSA) is 12.0 Å². The van der Waals surface area contributed by atoms with Crippen molar-refractivity contribution in [1.29, 1.82) is 0 Å². The second-order valence-electron chi connectivity index (χ2n) is 6.23. The van der Waals surface area contributed by atoms with E-state index in [1.807, 2.05) is 0 Å². The number of halogens is 1. The van der Waals surface area contributed by atoms with E-state index >= 15 is 0 Å². The van der Waals surface area contributed by atoms with Crippen LogP contribution in [0.5, 0.6) is 0 Å². The van der Waals surface area contributed by atoms with Crippen LogP contribution in [0.1, 0.15) is 46.1 Å². The standard InChI is InChI=1S/C17H28BrN/c1-13(2)5-6-16(12-19-14(3)4)11-15-7-9-17(18)10-8-15/h7-10,13-14,16,19H,5-6,11-12H2,1-4H3.